The van der Waals surface area contributed by atoms with E-state index in [2.05, 4.69) is 119 Å². The van der Waals surface area contributed by atoms with Crippen molar-refractivity contribution in [2.24, 2.45) is 0 Å². The van der Waals surface area contributed by atoms with Gasteiger partial charge in [-0.15, -0.1) is 0 Å². The van der Waals surface area contributed by atoms with Crippen molar-refractivity contribution in [2.45, 2.75) is 119 Å². The molecule has 0 saturated carbocycles. The third kappa shape index (κ3) is 16.7. The van der Waals surface area contributed by atoms with Crippen molar-refractivity contribution in [3.63, 3.8) is 0 Å². The predicted molar refractivity (Wildman–Crippen MR) is 161 cm³/mol. The molecule has 2 rings (SSSR count). The molecule has 36 heavy (non-hydrogen) atoms. The van der Waals surface area contributed by atoms with Crippen molar-refractivity contribution in [2.75, 3.05) is 0 Å². The molecule has 0 spiro atoms. The fourth-order valence-electron chi connectivity index (χ4n) is 3.40. The molecule has 0 heterocycles. The molecule has 0 nitrogen and oxygen atoms in total. The second-order valence-electron chi connectivity index (χ2n) is 10.9. The van der Waals surface area contributed by atoms with Crippen LogP contribution in [0.5, 0.6) is 0 Å². The molecule has 0 aliphatic rings. The molecule has 0 bridgehead atoms. The molecule has 0 radical (unpaired) electrons. The van der Waals surface area contributed by atoms with E-state index in [-0.39, 0.29) is 30.3 Å². The van der Waals surface area contributed by atoms with Crippen molar-refractivity contribution in [3.8, 4) is 0 Å². The van der Waals surface area contributed by atoms with Crippen molar-refractivity contribution in [1.29, 1.82) is 0 Å². The van der Waals surface area contributed by atoms with Gasteiger partial charge in [-0.25, -0.2) is 0 Å². The van der Waals surface area contributed by atoms with E-state index < -0.39 is 0 Å². The summed E-state index contributed by atoms with van der Waals surface area (Å²) in [5, 5.41) is 0. The maximum atomic E-state index is 4.85. The van der Waals surface area contributed by atoms with E-state index in [9.17, 15) is 0 Å². The number of hydrogen-bond donors (Lipinski definition) is 0. The van der Waals surface area contributed by atoms with E-state index in [1.165, 1.54) is 33.4 Å². The van der Waals surface area contributed by atoms with E-state index in [0.29, 0.717) is 35.5 Å². The Morgan fingerprint density at radius 1 is 0.333 bits per heavy atom. The second kappa shape index (κ2) is 21.6. The van der Waals surface area contributed by atoms with Crippen LogP contribution in [0.25, 0.3) is 0 Å². The van der Waals surface area contributed by atoms with Crippen LogP contribution >= 0.6 is 38.8 Å². The van der Waals surface area contributed by atoms with Crippen molar-refractivity contribution in [1.82, 2.24) is 0 Å². The molecule has 6 heteroatoms. The summed E-state index contributed by atoms with van der Waals surface area (Å²) in [6.07, 6.45) is 0. The Balaban J connectivity index is 0. The van der Waals surface area contributed by atoms with Crippen LogP contribution in [0.2, 0.25) is 0 Å². The first-order valence-corrected chi connectivity index (χ1v) is 21.6. The summed E-state index contributed by atoms with van der Waals surface area (Å²) in [5.41, 5.74) is 8.86. The van der Waals surface area contributed by atoms with Crippen molar-refractivity contribution in [3.05, 3.63) is 69.8 Å². The van der Waals surface area contributed by atoms with Gasteiger partial charge in [-0.2, -0.15) is 0 Å². The first-order chi connectivity index (χ1) is 16.7. The Labute approximate surface area is 255 Å². The summed E-state index contributed by atoms with van der Waals surface area (Å²) < 4.78 is 0. The molecule has 0 amide bonds. The van der Waals surface area contributed by atoms with Gasteiger partial charge in [0.15, 0.2) is 0 Å². The van der Waals surface area contributed by atoms with Crippen LogP contribution in [0, 0.1) is 0 Å². The molecule has 0 unspecified atom stereocenters. The number of benzene rings is 2. The molecule has 0 N–H and O–H groups in total. The standard InChI is InChI=1S/2C15H24.4ClH.2Ru/c2*1-10(2)13-7-14(11(3)4)9-15(8-13)12(5)6;;;;;;/h2*7-12H,1-6H3;4*1H;;/q;;;;;;2*+2/p-4. The van der Waals surface area contributed by atoms with Gasteiger partial charge in [0.25, 0.3) is 0 Å². The molecule has 2 aromatic carbocycles. The third-order valence-corrected chi connectivity index (χ3v) is 6.00. The fourth-order valence-corrected chi connectivity index (χ4v) is 3.40. The number of rotatable bonds is 6. The van der Waals surface area contributed by atoms with Crippen LogP contribution in [0.3, 0.4) is 0 Å². The molecule has 0 aromatic heterocycles. The van der Waals surface area contributed by atoms with Gasteiger partial charge in [-0.05, 0) is 68.9 Å². The van der Waals surface area contributed by atoms with Crippen LogP contribution in [0.4, 0.5) is 0 Å². The zero-order valence-corrected chi connectivity index (χ0v) is 30.6. The zero-order valence-electron chi connectivity index (χ0n) is 24.1. The molecule has 0 fully saturated rings. The van der Waals surface area contributed by atoms with Gasteiger partial charge >= 0.3 is 69.1 Å². The molecule has 212 valence electrons. The predicted octanol–water partition coefficient (Wildman–Crippen LogP) is 12.9. The molecular formula is C30H48Cl4Ru2. The van der Waals surface area contributed by atoms with Crippen molar-refractivity contribution < 1.29 is 30.3 Å². The Hall–Kier alpha value is 0.847. The van der Waals surface area contributed by atoms with Crippen LogP contribution in [-0.4, -0.2) is 0 Å². The van der Waals surface area contributed by atoms with Gasteiger partial charge in [0.1, 0.15) is 0 Å². The van der Waals surface area contributed by atoms with Crippen LogP contribution < -0.4 is 0 Å². The summed E-state index contributed by atoms with van der Waals surface area (Å²) in [4.78, 5) is 0. The zero-order chi connectivity index (χ0) is 28.6. The average Bonchev–Trinajstić information content (AvgIpc) is 2.79. The van der Waals surface area contributed by atoms with E-state index in [0.717, 1.165) is 0 Å². The molecule has 0 atom stereocenters. The SMILES string of the molecule is CC(C)c1cc(C(C)C)cc(C(C)C)c1.CC(C)c1cc(C(C)C)cc(C(C)C)c1.[Cl][Ru][Cl].[Cl][Ru][Cl]. The normalized spacial score (nSPS) is 11.1. The fraction of sp³-hybridized carbons (Fsp3) is 0.600. The van der Waals surface area contributed by atoms with Crippen LogP contribution in [-0.2, 0) is 30.3 Å². The summed E-state index contributed by atoms with van der Waals surface area (Å²) in [5.74, 6) is 3.76. The summed E-state index contributed by atoms with van der Waals surface area (Å²) in [6, 6.07) is 14.2. The summed E-state index contributed by atoms with van der Waals surface area (Å²) in [7, 11) is 19.4. The van der Waals surface area contributed by atoms with Gasteiger partial charge in [0.05, 0.1) is 0 Å². The minimum absolute atomic E-state index is 0.346. The van der Waals surface area contributed by atoms with E-state index in [1.807, 2.05) is 0 Å². The van der Waals surface area contributed by atoms with Gasteiger partial charge in [-0.1, -0.05) is 119 Å². The first-order valence-electron chi connectivity index (χ1n) is 12.7. The van der Waals surface area contributed by atoms with Crippen molar-refractivity contribution >= 4 is 38.8 Å². The van der Waals surface area contributed by atoms with E-state index >= 15 is 0 Å². The van der Waals surface area contributed by atoms with Gasteiger partial charge in [-0.3, -0.25) is 0 Å². The topological polar surface area (TPSA) is 0 Å². The van der Waals surface area contributed by atoms with Crippen LogP contribution in [0.15, 0.2) is 36.4 Å². The quantitative estimate of drug-likeness (QED) is 0.258. The second-order valence-corrected chi connectivity index (χ2v) is 16.2. The van der Waals surface area contributed by atoms with Crippen LogP contribution in [0.1, 0.15) is 152 Å². The van der Waals surface area contributed by atoms with E-state index in [4.69, 9.17) is 38.8 Å². The Bertz CT molecular complexity index is 633. The van der Waals surface area contributed by atoms with Gasteiger partial charge in [0.2, 0.25) is 0 Å². The number of halogens is 4. The number of hydrogen-bond acceptors (Lipinski definition) is 0. The van der Waals surface area contributed by atoms with Gasteiger partial charge < -0.3 is 0 Å². The van der Waals surface area contributed by atoms with E-state index in [1.54, 1.807) is 0 Å². The van der Waals surface area contributed by atoms with Gasteiger partial charge in [0, 0.05) is 0 Å². The molecule has 0 aliphatic carbocycles. The Morgan fingerprint density at radius 3 is 0.472 bits per heavy atom. The maximum absolute atomic E-state index is 4.85. The summed E-state index contributed by atoms with van der Waals surface area (Å²) in [6.45, 7) is 27.2. The third-order valence-electron chi connectivity index (χ3n) is 6.00. The molecular weight excluding hydrogens is 704 g/mol. The Morgan fingerprint density at radius 2 is 0.417 bits per heavy atom. The monoisotopic (exact) mass is 752 g/mol. The Kier molecular flexibility index (Phi) is 23.4. The molecule has 2 aromatic rings. The molecule has 0 saturated heterocycles. The average molecular weight is 753 g/mol. The molecule has 0 aliphatic heterocycles. The summed E-state index contributed by atoms with van der Waals surface area (Å²) >= 11 is -0.691. The first kappa shape index (κ1) is 39.0. The minimum atomic E-state index is -0.346.